The van der Waals surface area contributed by atoms with E-state index in [1.54, 1.807) is 38.1 Å². The van der Waals surface area contributed by atoms with Crippen LogP contribution in [0.5, 0.6) is 0 Å². The van der Waals surface area contributed by atoms with Crippen LogP contribution in [-0.2, 0) is 16.1 Å². The number of amides is 1. The molecule has 0 saturated heterocycles. The van der Waals surface area contributed by atoms with Gasteiger partial charge < -0.3 is 15.0 Å². The van der Waals surface area contributed by atoms with Crippen molar-refractivity contribution in [3.8, 4) is 0 Å². The Morgan fingerprint density at radius 1 is 1.33 bits per heavy atom. The summed E-state index contributed by atoms with van der Waals surface area (Å²) in [6.07, 6.45) is 0. The van der Waals surface area contributed by atoms with Crippen molar-refractivity contribution in [3.05, 3.63) is 34.7 Å². The van der Waals surface area contributed by atoms with Gasteiger partial charge in [0.15, 0.2) is 0 Å². The van der Waals surface area contributed by atoms with Crippen LogP contribution in [0, 0.1) is 0 Å². The Balaban J connectivity index is 2.30. The number of nitrogens with one attached hydrogen (secondary N) is 1. The minimum atomic E-state index is -1.08. The van der Waals surface area contributed by atoms with E-state index in [4.69, 9.17) is 5.11 Å². The van der Waals surface area contributed by atoms with Gasteiger partial charge in [0.2, 0.25) is 5.91 Å². The van der Waals surface area contributed by atoms with E-state index in [1.165, 1.54) is 9.47 Å². The van der Waals surface area contributed by atoms with E-state index in [0.717, 1.165) is 0 Å². The first-order valence-electron chi connectivity index (χ1n) is 6.59. The molecule has 0 bridgehead atoms. The molecule has 7 heteroatoms. The topological polar surface area (TPSA) is 95.4 Å². The van der Waals surface area contributed by atoms with Crippen molar-refractivity contribution in [2.45, 2.75) is 26.4 Å². The van der Waals surface area contributed by atoms with E-state index >= 15 is 0 Å². The fourth-order valence-electron chi connectivity index (χ4n) is 2.19. The lowest BCUT2D eigenvalue weighted by atomic mass is 10.3. The van der Waals surface area contributed by atoms with Crippen LogP contribution >= 0.6 is 0 Å². The molecule has 1 aromatic carbocycles. The number of nitrogens with zero attached hydrogens (tertiary/aromatic N) is 2. The smallest absolute Gasteiger partial charge is 0.326 e. The lowest BCUT2D eigenvalue weighted by Crippen LogP contribution is -2.43. The number of rotatable bonds is 5. The van der Waals surface area contributed by atoms with Crippen LogP contribution in [0.15, 0.2) is 29.1 Å². The third-order valence-corrected chi connectivity index (χ3v) is 3.22. The number of carbonyl (C=O) groups excluding carboxylic acids is 1. The van der Waals surface area contributed by atoms with E-state index in [9.17, 15) is 14.4 Å². The Kier molecular flexibility index (Phi) is 4.11. The van der Waals surface area contributed by atoms with Crippen LogP contribution in [0.3, 0.4) is 0 Å². The Morgan fingerprint density at radius 2 is 2.00 bits per heavy atom. The van der Waals surface area contributed by atoms with Crippen LogP contribution in [-0.4, -0.2) is 44.0 Å². The van der Waals surface area contributed by atoms with Gasteiger partial charge in [0, 0.05) is 6.04 Å². The van der Waals surface area contributed by atoms with Crippen molar-refractivity contribution in [2.24, 2.45) is 0 Å². The van der Waals surface area contributed by atoms with E-state index in [1.807, 2.05) is 0 Å². The number of benzene rings is 1. The summed E-state index contributed by atoms with van der Waals surface area (Å²) in [7, 11) is 0. The highest BCUT2D eigenvalue weighted by atomic mass is 16.4. The van der Waals surface area contributed by atoms with Gasteiger partial charge in [-0.1, -0.05) is 12.1 Å². The van der Waals surface area contributed by atoms with Crippen molar-refractivity contribution in [2.75, 3.05) is 6.54 Å². The van der Waals surface area contributed by atoms with E-state index in [0.29, 0.717) is 11.0 Å². The molecule has 0 aliphatic heterocycles. The van der Waals surface area contributed by atoms with Gasteiger partial charge in [-0.15, -0.1) is 0 Å². The monoisotopic (exact) mass is 291 g/mol. The summed E-state index contributed by atoms with van der Waals surface area (Å²) in [6, 6.07) is 6.78. The molecular weight excluding hydrogens is 274 g/mol. The molecule has 2 N–H and O–H groups in total. The van der Waals surface area contributed by atoms with E-state index in [-0.39, 0.29) is 24.8 Å². The molecule has 7 nitrogen and oxygen atoms in total. The van der Waals surface area contributed by atoms with E-state index in [2.05, 4.69) is 4.98 Å². The van der Waals surface area contributed by atoms with Crippen LogP contribution < -0.4 is 5.69 Å². The van der Waals surface area contributed by atoms with Gasteiger partial charge in [-0.2, -0.15) is 0 Å². The summed E-state index contributed by atoms with van der Waals surface area (Å²) in [5.41, 5.74) is 0.878. The summed E-state index contributed by atoms with van der Waals surface area (Å²) in [5.74, 6) is -1.48. The Morgan fingerprint density at radius 3 is 2.62 bits per heavy atom. The third-order valence-electron chi connectivity index (χ3n) is 3.22. The number of imidazole rings is 1. The van der Waals surface area contributed by atoms with Gasteiger partial charge in [-0.25, -0.2) is 4.79 Å². The molecule has 2 rings (SSSR count). The number of para-hydroxylation sites is 2. The van der Waals surface area contributed by atoms with Crippen molar-refractivity contribution in [3.63, 3.8) is 0 Å². The zero-order chi connectivity index (χ0) is 15.6. The Labute approximate surface area is 120 Å². The first-order valence-corrected chi connectivity index (χ1v) is 6.59. The minimum Gasteiger partial charge on any atom is -0.480 e. The summed E-state index contributed by atoms with van der Waals surface area (Å²) in [5, 5.41) is 8.87. The molecule has 0 radical (unpaired) electrons. The lowest BCUT2D eigenvalue weighted by molar-refractivity contribution is -0.146. The number of carboxylic acid groups (broad SMARTS) is 1. The van der Waals surface area contributed by atoms with Gasteiger partial charge in [-0.3, -0.25) is 14.2 Å². The molecule has 1 heterocycles. The predicted molar refractivity (Wildman–Crippen MR) is 77.0 cm³/mol. The molecule has 0 spiro atoms. The molecular formula is C14H17N3O4. The number of hydrogen-bond acceptors (Lipinski definition) is 3. The second-order valence-corrected chi connectivity index (χ2v) is 5.04. The largest absolute Gasteiger partial charge is 0.480 e. The summed E-state index contributed by atoms with van der Waals surface area (Å²) in [4.78, 5) is 38.9. The fraction of sp³-hybridized carbons (Fsp3) is 0.357. The second-order valence-electron chi connectivity index (χ2n) is 5.04. The number of carboxylic acids is 1. The van der Waals surface area contributed by atoms with Crippen LogP contribution in [0.4, 0.5) is 0 Å². The quantitative estimate of drug-likeness (QED) is 0.845. The van der Waals surface area contributed by atoms with Gasteiger partial charge in [0.25, 0.3) is 0 Å². The maximum atomic E-state index is 12.3. The molecule has 0 saturated carbocycles. The zero-order valence-electron chi connectivity index (χ0n) is 11.9. The molecule has 2 aromatic rings. The highest BCUT2D eigenvalue weighted by Gasteiger charge is 2.21. The first kappa shape index (κ1) is 14.8. The minimum absolute atomic E-state index is 0.186. The molecule has 21 heavy (non-hydrogen) atoms. The van der Waals surface area contributed by atoms with Crippen molar-refractivity contribution >= 4 is 22.9 Å². The summed E-state index contributed by atoms with van der Waals surface area (Å²) < 4.78 is 1.31. The number of aliphatic carboxylic acids is 1. The summed E-state index contributed by atoms with van der Waals surface area (Å²) in [6.45, 7) is 2.90. The van der Waals surface area contributed by atoms with Crippen LogP contribution in [0.25, 0.3) is 11.0 Å². The number of H-pyrrole nitrogens is 1. The molecule has 0 fully saturated rings. The van der Waals surface area contributed by atoms with Crippen molar-refractivity contribution in [1.29, 1.82) is 0 Å². The maximum Gasteiger partial charge on any atom is 0.326 e. The van der Waals surface area contributed by atoms with Crippen LogP contribution in [0.1, 0.15) is 13.8 Å². The number of aromatic amines is 1. The van der Waals surface area contributed by atoms with Gasteiger partial charge in [-0.05, 0) is 26.0 Å². The molecule has 112 valence electrons. The molecule has 0 unspecified atom stereocenters. The number of carbonyl (C=O) groups is 2. The summed E-state index contributed by atoms with van der Waals surface area (Å²) >= 11 is 0. The van der Waals surface area contributed by atoms with Gasteiger partial charge in [0.1, 0.15) is 13.1 Å². The number of fused-ring (bicyclic) bond motifs is 1. The van der Waals surface area contributed by atoms with Gasteiger partial charge in [0.05, 0.1) is 11.0 Å². The molecule has 1 amide bonds. The molecule has 0 aliphatic carbocycles. The van der Waals surface area contributed by atoms with Crippen molar-refractivity contribution in [1.82, 2.24) is 14.5 Å². The number of aromatic nitrogens is 2. The first-order chi connectivity index (χ1) is 9.90. The Hall–Kier alpha value is -2.57. The molecule has 1 aromatic heterocycles. The second kappa shape index (κ2) is 5.82. The van der Waals surface area contributed by atoms with E-state index < -0.39 is 11.9 Å². The average Bonchev–Trinajstić information content (AvgIpc) is 2.72. The normalized spacial score (nSPS) is 11.0. The highest BCUT2D eigenvalue weighted by Crippen LogP contribution is 2.10. The maximum absolute atomic E-state index is 12.3. The standard InChI is InChI=1S/C14H17N3O4/c1-9(2)16(8-13(19)20)12(18)7-17-11-6-4-3-5-10(11)15-14(17)21/h3-6,9H,7-8H2,1-2H3,(H,15,21)(H,19,20). The average molecular weight is 291 g/mol. The molecule has 0 aliphatic rings. The third kappa shape index (κ3) is 3.13. The molecule has 0 atom stereocenters. The van der Waals surface area contributed by atoms with Crippen molar-refractivity contribution < 1.29 is 14.7 Å². The number of hydrogen-bond donors (Lipinski definition) is 2. The van der Waals surface area contributed by atoms with Gasteiger partial charge >= 0.3 is 11.7 Å². The zero-order valence-corrected chi connectivity index (χ0v) is 11.9. The highest BCUT2D eigenvalue weighted by molar-refractivity contribution is 5.83. The lowest BCUT2D eigenvalue weighted by Gasteiger charge is -2.24. The van der Waals surface area contributed by atoms with Crippen LogP contribution in [0.2, 0.25) is 0 Å². The Bertz CT molecular complexity index is 729. The fourth-order valence-corrected chi connectivity index (χ4v) is 2.19. The predicted octanol–water partition coefficient (Wildman–Crippen LogP) is 0.651. The SMILES string of the molecule is CC(C)N(CC(=O)O)C(=O)Cn1c(=O)[nH]c2ccccc21.